The lowest BCUT2D eigenvalue weighted by molar-refractivity contribution is -0.148. The predicted octanol–water partition coefficient (Wildman–Crippen LogP) is 1.86. The average molecular weight is 358 g/mol. The summed E-state index contributed by atoms with van der Waals surface area (Å²) in [6.07, 6.45) is 1.36. The smallest absolute Gasteiger partial charge is 0.308 e. The van der Waals surface area contributed by atoms with Crippen LogP contribution < -0.4 is 10.6 Å². The van der Waals surface area contributed by atoms with Crippen molar-refractivity contribution < 1.29 is 23.5 Å². The van der Waals surface area contributed by atoms with Crippen molar-refractivity contribution in [3.63, 3.8) is 0 Å². The van der Waals surface area contributed by atoms with Crippen molar-refractivity contribution in [3.8, 4) is 0 Å². The summed E-state index contributed by atoms with van der Waals surface area (Å²) >= 11 is 0. The van der Waals surface area contributed by atoms with Gasteiger partial charge < -0.3 is 19.8 Å². The Morgan fingerprint density at radius 2 is 1.85 bits per heavy atom. The number of esters is 1. The highest BCUT2D eigenvalue weighted by Gasteiger charge is 2.12. The largest absolute Gasteiger partial charge is 0.459 e. The van der Waals surface area contributed by atoms with Crippen molar-refractivity contribution >= 4 is 17.8 Å². The van der Waals surface area contributed by atoms with E-state index in [1.165, 1.54) is 12.3 Å². The molecule has 0 saturated heterocycles. The maximum Gasteiger partial charge on any atom is 0.308 e. The second-order valence-corrected chi connectivity index (χ2v) is 5.76. The third kappa shape index (κ3) is 6.43. The Morgan fingerprint density at radius 1 is 1.08 bits per heavy atom. The zero-order valence-electron chi connectivity index (χ0n) is 14.6. The molecule has 2 rings (SSSR count). The minimum absolute atomic E-state index is 0.0276. The van der Waals surface area contributed by atoms with Gasteiger partial charge in [0.25, 0.3) is 11.8 Å². The third-order valence-electron chi connectivity index (χ3n) is 3.70. The number of hydrogen-bond acceptors (Lipinski definition) is 5. The van der Waals surface area contributed by atoms with Gasteiger partial charge in [-0.1, -0.05) is 37.3 Å². The van der Waals surface area contributed by atoms with Gasteiger partial charge in [0.1, 0.15) is 0 Å². The second kappa shape index (κ2) is 10.0. The number of furan rings is 1. The van der Waals surface area contributed by atoms with E-state index >= 15 is 0 Å². The molecule has 2 amide bonds. The van der Waals surface area contributed by atoms with Gasteiger partial charge in [0.05, 0.1) is 12.7 Å². The molecule has 0 saturated carbocycles. The minimum atomic E-state index is -0.559. The molecule has 1 aromatic carbocycles. The van der Waals surface area contributed by atoms with E-state index in [1.807, 2.05) is 37.3 Å². The first kappa shape index (κ1) is 19.2. The molecule has 0 unspecified atom stereocenters. The molecule has 1 heterocycles. The monoisotopic (exact) mass is 358 g/mol. The lowest BCUT2D eigenvalue weighted by atomic mass is 10.0. The first-order valence-corrected chi connectivity index (χ1v) is 8.35. The van der Waals surface area contributed by atoms with E-state index in [4.69, 9.17) is 9.15 Å². The van der Waals surface area contributed by atoms with Crippen molar-refractivity contribution in [2.24, 2.45) is 0 Å². The first-order chi connectivity index (χ1) is 12.6. The quantitative estimate of drug-likeness (QED) is 0.667. The Labute approximate surface area is 151 Å². The summed E-state index contributed by atoms with van der Waals surface area (Å²) < 4.78 is 9.82. The number of rotatable bonds is 9. The third-order valence-corrected chi connectivity index (χ3v) is 3.70. The molecule has 2 aromatic rings. The van der Waals surface area contributed by atoms with Crippen molar-refractivity contribution in [2.45, 2.75) is 19.3 Å². The van der Waals surface area contributed by atoms with Crippen LogP contribution in [0, 0.1) is 0 Å². The fraction of sp³-hybridized carbons (Fsp3) is 0.316. The van der Waals surface area contributed by atoms with Crippen molar-refractivity contribution in [3.05, 3.63) is 60.1 Å². The number of carbonyl (C=O) groups is 3. The molecule has 7 nitrogen and oxygen atoms in total. The topological polar surface area (TPSA) is 97.6 Å². The van der Waals surface area contributed by atoms with Gasteiger partial charge in [-0.2, -0.15) is 0 Å². The van der Waals surface area contributed by atoms with Crippen LogP contribution in [-0.4, -0.2) is 37.5 Å². The van der Waals surface area contributed by atoms with Crippen molar-refractivity contribution in [1.29, 1.82) is 0 Å². The second-order valence-electron chi connectivity index (χ2n) is 5.76. The fourth-order valence-electron chi connectivity index (χ4n) is 2.21. The average Bonchev–Trinajstić information content (AvgIpc) is 3.20. The number of carbonyl (C=O) groups excluding carboxylic acids is 3. The Morgan fingerprint density at radius 3 is 2.54 bits per heavy atom. The van der Waals surface area contributed by atoms with Crippen LogP contribution >= 0.6 is 0 Å². The zero-order valence-corrected chi connectivity index (χ0v) is 14.6. The van der Waals surface area contributed by atoms with Crippen LogP contribution in [0.25, 0.3) is 0 Å². The Hall–Kier alpha value is -3.09. The van der Waals surface area contributed by atoms with Crippen molar-refractivity contribution in [1.82, 2.24) is 10.6 Å². The molecule has 1 atom stereocenters. The fourth-order valence-corrected chi connectivity index (χ4v) is 2.21. The zero-order chi connectivity index (χ0) is 18.8. The van der Waals surface area contributed by atoms with Crippen LogP contribution in [0.1, 0.15) is 35.4 Å². The van der Waals surface area contributed by atoms with Crippen LogP contribution in [0.2, 0.25) is 0 Å². The Bertz CT molecular complexity index is 713. The van der Waals surface area contributed by atoms with E-state index in [0.717, 1.165) is 5.56 Å². The summed E-state index contributed by atoms with van der Waals surface area (Å²) in [5.74, 6) is -0.995. The molecule has 0 bridgehead atoms. The molecule has 0 fully saturated rings. The van der Waals surface area contributed by atoms with Crippen LogP contribution in [0.4, 0.5) is 0 Å². The van der Waals surface area contributed by atoms with Crippen LogP contribution in [0.5, 0.6) is 0 Å². The summed E-state index contributed by atoms with van der Waals surface area (Å²) in [5.41, 5.74) is 1.12. The molecule has 0 aliphatic carbocycles. The first-order valence-electron chi connectivity index (χ1n) is 8.35. The normalized spacial score (nSPS) is 11.4. The molecule has 138 valence electrons. The van der Waals surface area contributed by atoms with Gasteiger partial charge >= 0.3 is 5.97 Å². The van der Waals surface area contributed by atoms with E-state index in [9.17, 15) is 14.4 Å². The lowest BCUT2D eigenvalue weighted by Crippen LogP contribution is -2.32. The van der Waals surface area contributed by atoms with Gasteiger partial charge in [0.15, 0.2) is 12.4 Å². The molecule has 0 aliphatic rings. The summed E-state index contributed by atoms with van der Waals surface area (Å²) in [4.78, 5) is 34.9. The van der Waals surface area contributed by atoms with E-state index in [1.54, 1.807) is 6.07 Å². The molecular weight excluding hydrogens is 336 g/mol. The number of ether oxygens (including phenoxy) is 1. The van der Waals surface area contributed by atoms with E-state index in [-0.39, 0.29) is 37.2 Å². The number of hydrogen-bond donors (Lipinski definition) is 2. The highest BCUT2D eigenvalue weighted by Crippen LogP contribution is 2.12. The standard InChI is InChI=1S/C19H22N2O5/c1-14(15-6-3-2-4-7-15)12-21-17(22)13-26-18(23)9-10-20-19(24)16-8-5-11-25-16/h2-8,11,14H,9-10,12-13H2,1H3,(H,20,24)(H,21,22)/t14-/m1/s1. The lowest BCUT2D eigenvalue weighted by Gasteiger charge is -2.13. The van der Waals surface area contributed by atoms with Crippen molar-refractivity contribution in [2.75, 3.05) is 19.7 Å². The van der Waals surface area contributed by atoms with E-state index < -0.39 is 11.9 Å². The highest BCUT2D eigenvalue weighted by atomic mass is 16.5. The molecule has 0 aliphatic heterocycles. The summed E-state index contributed by atoms with van der Waals surface area (Å²) in [6, 6.07) is 12.9. The van der Waals surface area contributed by atoms with Gasteiger partial charge in [0, 0.05) is 13.1 Å². The van der Waals surface area contributed by atoms with Gasteiger partial charge in [-0.05, 0) is 23.6 Å². The van der Waals surface area contributed by atoms with Gasteiger partial charge in [-0.25, -0.2) is 0 Å². The van der Waals surface area contributed by atoms with Gasteiger partial charge in [-0.3, -0.25) is 14.4 Å². The number of nitrogens with one attached hydrogen (secondary N) is 2. The minimum Gasteiger partial charge on any atom is -0.459 e. The molecule has 2 N–H and O–H groups in total. The number of amides is 2. The van der Waals surface area contributed by atoms with Gasteiger partial charge in [-0.15, -0.1) is 0 Å². The number of benzene rings is 1. The predicted molar refractivity (Wildman–Crippen MR) is 94.5 cm³/mol. The Kier molecular flexibility index (Phi) is 7.42. The molecule has 0 radical (unpaired) electrons. The maximum atomic E-state index is 11.8. The molecular formula is C19H22N2O5. The summed E-state index contributed by atoms with van der Waals surface area (Å²) in [6.45, 7) is 2.22. The molecule has 0 spiro atoms. The van der Waals surface area contributed by atoms with Crippen LogP contribution in [0.3, 0.4) is 0 Å². The highest BCUT2D eigenvalue weighted by molar-refractivity contribution is 5.91. The van der Waals surface area contributed by atoms with E-state index in [2.05, 4.69) is 10.6 Å². The van der Waals surface area contributed by atoms with Crippen LogP contribution in [-0.2, 0) is 14.3 Å². The molecule has 7 heteroatoms. The Balaban J connectivity index is 1.58. The molecule has 26 heavy (non-hydrogen) atoms. The SMILES string of the molecule is C[C@H](CNC(=O)COC(=O)CCNC(=O)c1ccco1)c1ccccc1. The van der Waals surface area contributed by atoms with Gasteiger partial charge in [0.2, 0.25) is 0 Å². The maximum absolute atomic E-state index is 11.8. The summed E-state index contributed by atoms with van der Waals surface area (Å²) in [7, 11) is 0. The van der Waals surface area contributed by atoms with E-state index in [0.29, 0.717) is 6.54 Å². The summed E-state index contributed by atoms with van der Waals surface area (Å²) in [5, 5.41) is 5.26. The molecule has 1 aromatic heterocycles. The van der Waals surface area contributed by atoms with Crippen LogP contribution in [0.15, 0.2) is 53.1 Å².